The first kappa shape index (κ1) is 11.3. The smallest absolute Gasteiger partial charge is 0.208 e. The van der Waals surface area contributed by atoms with Crippen LogP contribution in [-0.4, -0.2) is 23.1 Å². The lowest BCUT2D eigenvalue weighted by Crippen LogP contribution is -1.92. The Bertz CT molecular complexity index is 609. The summed E-state index contributed by atoms with van der Waals surface area (Å²) in [6.45, 7) is 3.05. The summed E-state index contributed by atoms with van der Waals surface area (Å²) >= 11 is 0. The molecule has 0 amide bonds. The molecule has 2 N–H and O–H groups in total. The molecule has 0 atom stereocenters. The van der Waals surface area contributed by atoms with Gasteiger partial charge in [-0.25, -0.2) is 0 Å². The summed E-state index contributed by atoms with van der Waals surface area (Å²) in [5, 5.41) is 19.6. The van der Waals surface area contributed by atoms with Crippen LogP contribution in [0.25, 0.3) is 11.0 Å². The van der Waals surface area contributed by atoms with Gasteiger partial charge in [0.15, 0.2) is 17.1 Å². The highest BCUT2D eigenvalue weighted by atomic mass is 16.5. The second-order valence-electron chi connectivity index (χ2n) is 3.74. The van der Waals surface area contributed by atoms with Crippen molar-refractivity contribution in [2.24, 2.45) is 0 Å². The van der Waals surface area contributed by atoms with E-state index in [1.165, 1.54) is 20.1 Å². The number of ketones is 1. The van der Waals surface area contributed by atoms with Crippen LogP contribution in [0.15, 0.2) is 10.5 Å². The number of Topliss-reactive ketones (excluding diaryl/α,β-unsaturated/α-hetero) is 1. The van der Waals surface area contributed by atoms with Crippen molar-refractivity contribution >= 4 is 16.8 Å². The fraction of sp³-hybridized carbons (Fsp3) is 0.250. The Balaban J connectivity index is 2.95. The maximum absolute atomic E-state index is 11.5. The van der Waals surface area contributed by atoms with E-state index in [4.69, 9.17) is 9.15 Å². The highest BCUT2D eigenvalue weighted by Crippen LogP contribution is 2.44. The molecule has 0 unspecified atom stereocenters. The molecule has 2 aromatic rings. The van der Waals surface area contributed by atoms with Crippen LogP contribution in [0.5, 0.6) is 17.2 Å². The van der Waals surface area contributed by atoms with E-state index in [2.05, 4.69) is 0 Å². The van der Waals surface area contributed by atoms with E-state index in [0.29, 0.717) is 16.7 Å². The largest absolute Gasteiger partial charge is 0.504 e. The number of benzene rings is 1. The fourth-order valence-electron chi connectivity index (χ4n) is 1.92. The summed E-state index contributed by atoms with van der Waals surface area (Å²) in [6, 6.07) is 1.29. The Labute approximate surface area is 97.2 Å². The van der Waals surface area contributed by atoms with E-state index in [1.54, 1.807) is 6.92 Å². The standard InChI is InChI=1S/C12H12O5/c1-5(13)9-6(2)17-11-7(9)4-8(14)10(15)12(11)16-3/h4,14-15H,1-3H3. The highest BCUT2D eigenvalue weighted by molar-refractivity contribution is 6.09. The maximum Gasteiger partial charge on any atom is 0.208 e. The first-order valence-electron chi connectivity index (χ1n) is 5.00. The molecule has 1 aromatic heterocycles. The molecular formula is C12H12O5. The number of ether oxygens (including phenoxy) is 1. The molecule has 0 radical (unpaired) electrons. The van der Waals surface area contributed by atoms with E-state index >= 15 is 0 Å². The monoisotopic (exact) mass is 236 g/mol. The predicted octanol–water partition coefficient (Wildman–Crippen LogP) is 2.36. The van der Waals surface area contributed by atoms with Gasteiger partial charge in [0.25, 0.3) is 0 Å². The minimum absolute atomic E-state index is 0.0237. The Morgan fingerprint density at radius 1 is 1.41 bits per heavy atom. The molecule has 2 rings (SSSR count). The molecule has 0 aliphatic rings. The zero-order chi connectivity index (χ0) is 12.7. The van der Waals surface area contributed by atoms with Gasteiger partial charge in [0.1, 0.15) is 5.76 Å². The molecular weight excluding hydrogens is 224 g/mol. The average molecular weight is 236 g/mol. The van der Waals surface area contributed by atoms with Crippen LogP contribution >= 0.6 is 0 Å². The van der Waals surface area contributed by atoms with Crippen molar-refractivity contribution in [3.05, 3.63) is 17.4 Å². The lowest BCUT2D eigenvalue weighted by atomic mass is 10.1. The molecule has 5 heteroatoms. The molecule has 0 bridgehead atoms. The SMILES string of the molecule is COc1c(O)c(O)cc2c(C(C)=O)c(C)oc12. The Hall–Kier alpha value is -2.17. The minimum Gasteiger partial charge on any atom is -0.504 e. The van der Waals surface area contributed by atoms with Gasteiger partial charge in [-0.3, -0.25) is 4.79 Å². The number of phenols is 2. The van der Waals surface area contributed by atoms with Gasteiger partial charge in [-0.1, -0.05) is 0 Å². The number of methoxy groups -OCH3 is 1. The summed E-state index contributed by atoms with van der Waals surface area (Å²) in [6.07, 6.45) is 0. The van der Waals surface area contributed by atoms with Crippen LogP contribution < -0.4 is 4.74 Å². The number of aryl methyl sites for hydroxylation is 1. The van der Waals surface area contributed by atoms with Crippen molar-refractivity contribution in [2.45, 2.75) is 13.8 Å². The van der Waals surface area contributed by atoms with Gasteiger partial charge >= 0.3 is 0 Å². The van der Waals surface area contributed by atoms with Crippen LogP contribution in [0, 0.1) is 6.92 Å². The van der Waals surface area contributed by atoms with Crippen LogP contribution in [0.3, 0.4) is 0 Å². The van der Waals surface area contributed by atoms with Crippen LogP contribution in [-0.2, 0) is 0 Å². The van der Waals surface area contributed by atoms with Crippen LogP contribution in [0.4, 0.5) is 0 Å². The van der Waals surface area contributed by atoms with Gasteiger partial charge in [0.05, 0.1) is 12.7 Å². The zero-order valence-electron chi connectivity index (χ0n) is 9.70. The second-order valence-corrected chi connectivity index (χ2v) is 3.74. The topological polar surface area (TPSA) is 79.9 Å². The molecule has 0 fully saturated rings. The minimum atomic E-state index is -0.399. The number of carbonyl (C=O) groups excluding carboxylic acids is 1. The Morgan fingerprint density at radius 2 is 2.06 bits per heavy atom. The number of phenolic OH excluding ortho intramolecular Hbond substituents is 2. The zero-order valence-corrected chi connectivity index (χ0v) is 9.70. The summed E-state index contributed by atoms with van der Waals surface area (Å²) in [4.78, 5) is 11.5. The third-order valence-corrected chi connectivity index (χ3v) is 2.62. The van der Waals surface area contributed by atoms with E-state index < -0.39 is 5.75 Å². The molecule has 0 saturated heterocycles. The second kappa shape index (κ2) is 3.69. The Kier molecular flexibility index (Phi) is 2.46. The third-order valence-electron chi connectivity index (χ3n) is 2.62. The van der Waals surface area contributed by atoms with Crippen molar-refractivity contribution in [3.8, 4) is 17.2 Å². The predicted molar refractivity (Wildman–Crippen MR) is 60.8 cm³/mol. The number of hydrogen-bond donors (Lipinski definition) is 2. The van der Waals surface area contributed by atoms with E-state index in [9.17, 15) is 15.0 Å². The Morgan fingerprint density at radius 3 is 2.59 bits per heavy atom. The van der Waals surface area contributed by atoms with Gasteiger partial charge in [-0.2, -0.15) is 0 Å². The molecule has 5 nitrogen and oxygen atoms in total. The van der Waals surface area contributed by atoms with E-state index in [0.717, 1.165) is 0 Å². The summed E-state index contributed by atoms with van der Waals surface area (Å²) in [7, 11) is 1.35. The average Bonchev–Trinajstić information content (AvgIpc) is 2.56. The van der Waals surface area contributed by atoms with Crippen LogP contribution in [0.2, 0.25) is 0 Å². The maximum atomic E-state index is 11.5. The third kappa shape index (κ3) is 1.51. The number of carbonyl (C=O) groups is 1. The molecule has 0 aliphatic heterocycles. The first-order valence-corrected chi connectivity index (χ1v) is 5.00. The van der Waals surface area contributed by atoms with Crippen molar-refractivity contribution in [3.63, 3.8) is 0 Å². The van der Waals surface area contributed by atoms with E-state index in [1.807, 2.05) is 0 Å². The van der Waals surface area contributed by atoms with Crippen molar-refractivity contribution < 1.29 is 24.2 Å². The number of fused-ring (bicyclic) bond motifs is 1. The van der Waals surface area contributed by atoms with Crippen molar-refractivity contribution in [2.75, 3.05) is 7.11 Å². The number of hydrogen-bond acceptors (Lipinski definition) is 5. The molecule has 0 spiro atoms. The van der Waals surface area contributed by atoms with Crippen molar-refractivity contribution in [1.29, 1.82) is 0 Å². The summed E-state index contributed by atoms with van der Waals surface area (Å²) in [5.41, 5.74) is 0.638. The fourth-order valence-corrected chi connectivity index (χ4v) is 1.92. The lowest BCUT2D eigenvalue weighted by molar-refractivity contribution is 0.101. The number of rotatable bonds is 2. The van der Waals surface area contributed by atoms with E-state index in [-0.39, 0.29) is 22.9 Å². The molecule has 1 heterocycles. The number of aromatic hydroxyl groups is 2. The molecule has 0 saturated carbocycles. The van der Waals surface area contributed by atoms with Gasteiger partial charge in [0, 0.05) is 5.39 Å². The first-order chi connectivity index (χ1) is 7.97. The van der Waals surface area contributed by atoms with Gasteiger partial charge in [-0.15, -0.1) is 0 Å². The van der Waals surface area contributed by atoms with Crippen LogP contribution in [0.1, 0.15) is 23.0 Å². The quantitative estimate of drug-likeness (QED) is 0.618. The lowest BCUT2D eigenvalue weighted by Gasteiger charge is -2.05. The molecule has 0 aliphatic carbocycles. The number of furan rings is 1. The highest BCUT2D eigenvalue weighted by Gasteiger charge is 2.22. The summed E-state index contributed by atoms with van der Waals surface area (Å²) in [5.74, 6) is -0.471. The molecule has 90 valence electrons. The molecule has 17 heavy (non-hydrogen) atoms. The normalized spacial score (nSPS) is 10.8. The molecule has 1 aromatic carbocycles. The summed E-state index contributed by atoms with van der Waals surface area (Å²) < 4.78 is 10.4. The van der Waals surface area contributed by atoms with Gasteiger partial charge in [0.2, 0.25) is 11.5 Å². The van der Waals surface area contributed by atoms with Gasteiger partial charge < -0.3 is 19.4 Å². The van der Waals surface area contributed by atoms with Gasteiger partial charge in [-0.05, 0) is 19.9 Å². The van der Waals surface area contributed by atoms with Crippen molar-refractivity contribution in [1.82, 2.24) is 0 Å².